The molecule has 0 spiro atoms. The monoisotopic (exact) mass is 180 g/mol. The summed E-state index contributed by atoms with van der Waals surface area (Å²) in [5.41, 5.74) is 1.23. The summed E-state index contributed by atoms with van der Waals surface area (Å²) in [4.78, 5) is 0. The molecule has 0 fully saturated rings. The van der Waals surface area contributed by atoms with Crippen molar-refractivity contribution in [1.29, 1.82) is 0 Å². The summed E-state index contributed by atoms with van der Waals surface area (Å²) in [7, 11) is 0. The summed E-state index contributed by atoms with van der Waals surface area (Å²) < 4.78 is 5.30. The zero-order valence-corrected chi connectivity index (χ0v) is 7.93. The molecule has 2 heteroatoms. The Morgan fingerprint density at radius 1 is 1.33 bits per heavy atom. The lowest BCUT2D eigenvalue weighted by Gasteiger charge is -2.02. The Balaban J connectivity index is 2.64. The molecule has 12 heavy (non-hydrogen) atoms. The van der Waals surface area contributed by atoms with E-state index in [1.54, 1.807) is 5.37 Å². The van der Waals surface area contributed by atoms with Crippen molar-refractivity contribution in [2.24, 2.45) is 0 Å². The van der Waals surface area contributed by atoms with Gasteiger partial charge in [-0.05, 0) is 30.0 Å². The lowest BCUT2D eigenvalue weighted by molar-refractivity contribution is 0.340. The fourth-order valence-corrected chi connectivity index (χ4v) is 1.18. The highest BCUT2D eigenvalue weighted by Crippen LogP contribution is 2.11. The molecule has 0 saturated carbocycles. The summed E-state index contributed by atoms with van der Waals surface area (Å²) in [5.74, 6) is 0.922. The van der Waals surface area contributed by atoms with Gasteiger partial charge in [-0.3, -0.25) is 0 Å². The van der Waals surface area contributed by atoms with Crippen molar-refractivity contribution in [3.05, 3.63) is 29.8 Å². The van der Waals surface area contributed by atoms with Crippen LogP contribution < -0.4 is 4.74 Å². The van der Waals surface area contributed by atoms with Crippen LogP contribution in [0.5, 0.6) is 5.75 Å². The van der Waals surface area contributed by atoms with Crippen molar-refractivity contribution >= 4 is 17.6 Å². The summed E-state index contributed by atoms with van der Waals surface area (Å²) in [6.45, 7) is 2.69. The predicted octanol–water partition coefficient (Wildman–Crippen LogP) is 2.63. The molecule has 1 rings (SSSR count). The lowest BCUT2D eigenvalue weighted by Crippen LogP contribution is -1.91. The second-order valence-corrected chi connectivity index (χ2v) is 2.78. The third kappa shape index (κ3) is 2.62. The molecule has 0 saturated heterocycles. The Morgan fingerprint density at radius 2 is 2.00 bits per heavy atom. The Bertz CT molecular complexity index is 241. The van der Waals surface area contributed by atoms with Crippen LogP contribution in [0, 0.1) is 0 Å². The Hall–Kier alpha value is -0.890. The van der Waals surface area contributed by atoms with Crippen molar-refractivity contribution in [1.82, 2.24) is 0 Å². The Labute approximate surface area is 78.4 Å². The van der Waals surface area contributed by atoms with Gasteiger partial charge in [0.05, 0.1) is 6.61 Å². The van der Waals surface area contributed by atoms with E-state index >= 15 is 0 Å². The largest absolute Gasteiger partial charge is 0.494 e. The average molecular weight is 180 g/mol. The van der Waals surface area contributed by atoms with Gasteiger partial charge in [0.1, 0.15) is 5.75 Å². The normalized spacial score (nSPS) is 9.42. The van der Waals surface area contributed by atoms with E-state index in [-0.39, 0.29) is 0 Å². The maximum Gasteiger partial charge on any atom is 0.119 e. The van der Waals surface area contributed by atoms with Crippen molar-refractivity contribution in [2.75, 3.05) is 6.61 Å². The van der Waals surface area contributed by atoms with Gasteiger partial charge >= 0.3 is 0 Å². The molecule has 0 radical (unpaired) electrons. The first kappa shape index (κ1) is 9.20. The van der Waals surface area contributed by atoms with Gasteiger partial charge < -0.3 is 4.74 Å². The van der Waals surface area contributed by atoms with Crippen molar-refractivity contribution < 1.29 is 4.74 Å². The van der Waals surface area contributed by atoms with Crippen LogP contribution in [0.2, 0.25) is 0 Å². The lowest BCUT2D eigenvalue weighted by atomic mass is 10.2. The van der Waals surface area contributed by atoms with Crippen molar-refractivity contribution in [2.45, 2.75) is 13.3 Å². The molecule has 0 N–H and O–H groups in total. The number of thiocarbonyl (C=S) groups is 1. The van der Waals surface area contributed by atoms with Crippen LogP contribution in [0.4, 0.5) is 0 Å². The van der Waals surface area contributed by atoms with Crippen LogP contribution in [0.3, 0.4) is 0 Å². The number of ether oxygens (including phenoxy) is 1. The van der Waals surface area contributed by atoms with Crippen LogP contribution in [-0.4, -0.2) is 12.0 Å². The Morgan fingerprint density at radius 3 is 2.50 bits per heavy atom. The minimum absolute atomic E-state index is 0.715. The quantitative estimate of drug-likeness (QED) is 0.659. The molecule has 0 aliphatic heterocycles. The van der Waals surface area contributed by atoms with Crippen LogP contribution in [0.1, 0.15) is 12.5 Å². The molecular weight excluding hydrogens is 168 g/mol. The molecule has 1 aromatic rings. The molecule has 0 unspecified atom stereocenters. The van der Waals surface area contributed by atoms with Crippen LogP contribution in [0.25, 0.3) is 0 Å². The molecule has 0 amide bonds. The summed E-state index contributed by atoms with van der Waals surface area (Å²) >= 11 is 4.76. The van der Waals surface area contributed by atoms with E-state index in [0.717, 1.165) is 12.2 Å². The predicted molar refractivity (Wildman–Crippen MR) is 55.0 cm³/mol. The molecule has 0 atom stereocenters. The number of hydrogen-bond acceptors (Lipinski definition) is 2. The molecule has 64 valence electrons. The van der Waals surface area contributed by atoms with E-state index in [4.69, 9.17) is 17.0 Å². The van der Waals surface area contributed by atoms with Crippen LogP contribution in [-0.2, 0) is 6.42 Å². The average Bonchev–Trinajstić information content (AvgIpc) is 2.09. The first-order valence-corrected chi connectivity index (χ1v) is 4.49. The molecule has 0 aromatic heterocycles. The zero-order valence-electron chi connectivity index (χ0n) is 7.12. The number of rotatable bonds is 4. The molecule has 0 aliphatic rings. The summed E-state index contributed by atoms with van der Waals surface area (Å²) in [5, 5.41) is 1.73. The van der Waals surface area contributed by atoms with Gasteiger partial charge in [-0.2, -0.15) is 0 Å². The first-order chi connectivity index (χ1) is 5.86. The summed E-state index contributed by atoms with van der Waals surface area (Å²) in [6, 6.07) is 8.01. The standard InChI is InChI=1S/C10H12OS/c1-2-11-10-5-3-9(4-6-10)7-8-12/h3-6,8H,2,7H2,1H3. The van der Waals surface area contributed by atoms with Gasteiger partial charge in [0.2, 0.25) is 0 Å². The maximum atomic E-state index is 5.30. The number of benzene rings is 1. The van der Waals surface area contributed by atoms with Gasteiger partial charge in [-0.1, -0.05) is 24.4 Å². The second-order valence-electron chi connectivity index (χ2n) is 2.45. The van der Waals surface area contributed by atoms with Crippen molar-refractivity contribution in [3.63, 3.8) is 0 Å². The third-order valence-electron chi connectivity index (χ3n) is 1.55. The van der Waals surface area contributed by atoms with E-state index in [1.807, 2.05) is 31.2 Å². The molecule has 0 aliphatic carbocycles. The highest BCUT2D eigenvalue weighted by atomic mass is 32.1. The van der Waals surface area contributed by atoms with Crippen molar-refractivity contribution in [3.8, 4) is 5.75 Å². The fourth-order valence-electron chi connectivity index (χ4n) is 0.985. The minimum atomic E-state index is 0.715. The van der Waals surface area contributed by atoms with Gasteiger partial charge in [-0.15, -0.1) is 0 Å². The second kappa shape index (κ2) is 4.88. The zero-order chi connectivity index (χ0) is 8.81. The SMILES string of the molecule is CCOc1ccc(CC=S)cc1. The van der Waals surface area contributed by atoms with Crippen LogP contribution in [0.15, 0.2) is 24.3 Å². The van der Waals surface area contributed by atoms with Gasteiger partial charge in [-0.25, -0.2) is 0 Å². The highest BCUT2D eigenvalue weighted by Gasteiger charge is 1.91. The molecule has 0 heterocycles. The van der Waals surface area contributed by atoms with Gasteiger partial charge in [0.25, 0.3) is 0 Å². The van der Waals surface area contributed by atoms with Gasteiger partial charge in [0.15, 0.2) is 0 Å². The minimum Gasteiger partial charge on any atom is -0.494 e. The smallest absolute Gasteiger partial charge is 0.119 e. The first-order valence-electron chi connectivity index (χ1n) is 4.02. The fraction of sp³-hybridized carbons (Fsp3) is 0.300. The molecular formula is C10H12OS. The highest BCUT2D eigenvalue weighted by molar-refractivity contribution is 7.78. The van der Waals surface area contributed by atoms with E-state index < -0.39 is 0 Å². The third-order valence-corrected chi connectivity index (χ3v) is 1.72. The number of hydrogen-bond donors (Lipinski definition) is 0. The Kier molecular flexibility index (Phi) is 3.74. The van der Waals surface area contributed by atoms with E-state index in [1.165, 1.54) is 5.56 Å². The van der Waals surface area contributed by atoms with Gasteiger partial charge in [0, 0.05) is 6.42 Å². The maximum absolute atomic E-state index is 5.30. The summed E-state index contributed by atoms with van der Waals surface area (Å²) in [6.07, 6.45) is 0.849. The molecule has 1 nitrogen and oxygen atoms in total. The van der Waals surface area contributed by atoms with E-state index in [0.29, 0.717) is 6.61 Å². The van der Waals surface area contributed by atoms with Crippen LogP contribution >= 0.6 is 12.2 Å². The topological polar surface area (TPSA) is 9.23 Å². The van der Waals surface area contributed by atoms with E-state index in [2.05, 4.69) is 0 Å². The molecule has 0 bridgehead atoms. The molecule has 1 aromatic carbocycles. The van der Waals surface area contributed by atoms with E-state index in [9.17, 15) is 0 Å².